The molecule has 0 unspecified atom stereocenters. The number of nitrogens with zero attached hydrogens (tertiary/aromatic N) is 4. The van der Waals surface area contributed by atoms with Gasteiger partial charge in [-0.15, -0.1) is 5.10 Å². The van der Waals surface area contributed by atoms with Gasteiger partial charge in [0.2, 0.25) is 10.7 Å². The molecular formula is C29H24N4O5S. The second kappa shape index (κ2) is 9.55. The van der Waals surface area contributed by atoms with E-state index >= 15 is 0 Å². The topological polar surface area (TPSA) is 95.3 Å². The summed E-state index contributed by atoms with van der Waals surface area (Å²) in [4.78, 5) is 34.0. The maximum atomic E-state index is 13.7. The van der Waals surface area contributed by atoms with E-state index in [4.69, 9.17) is 14.2 Å². The Morgan fingerprint density at radius 2 is 1.59 bits per heavy atom. The number of hydrogen-bond acceptors (Lipinski definition) is 8. The minimum atomic E-state index is -0.392. The van der Waals surface area contributed by atoms with Crippen LogP contribution >= 0.6 is 11.3 Å². The average Bonchev–Trinajstić information content (AvgIpc) is 3.59. The number of para-hydroxylation sites is 1. The smallest absolute Gasteiger partial charge is 0.291 e. The number of ether oxygens (including phenoxy) is 3. The number of amides is 1. The van der Waals surface area contributed by atoms with Crippen LogP contribution < -0.4 is 29.2 Å². The number of methoxy groups -OCH3 is 3. The van der Waals surface area contributed by atoms with Crippen LogP contribution in [0.1, 0.15) is 16.7 Å². The van der Waals surface area contributed by atoms with Crippen LogP contribution in [0, 0.1) is 6.92 Å². The molecule has 1 aliphatic rings. The predicted octanol–water partition coefficient (Wildman–Crippen LogP) is 3.62. The van der Waals surface area contributed by atoms with Crippen LogP contribution in [0.25, 0.3) is 21.9 Å². The third-order valence-corrected chi connectivity index (χ3v) is 7.72. The molecule has 0 saturated carbocycles. The highest BCUT2D eigenvalue weighted by Crippen LogP contribution is 2.41. The van der Waals surface area contributed by atoms with Crippen molar-refractivity contribution in [3.63, 3.8) is 0 Å². The maximum absolute atomic E-state index is 13.7. The lowest BCUT2D eigenvalue weighted by Gasteiger charge is -2.17. The van der Waals surface area contributed by atoms with Crippen molar-refractivity contribution < 1.29 is 19.0 Å². The van der Waals surface area contributed by atoms with Crippen molar-refractivity contribution in [2.24, 2.45) is 0 Å². The summed E-state index contributed by atoms with van der Waals surface area (Å²) in [6.07, 6.45) is 0. The Labute approximate surface area is 227 Å². The van der Waals surface area contributed by atoms with Crippen LogP contribution in [0.5, 0.6) is 17.2 Å². The summed E-state index contributed by atoms with van der Waals surface area (Å²) in [5, 5.41) is 4.47. The van der Waals surface area contributed by atoms with Crippen molar-refractivity contribution in [3.8, 4) is 28.6 Å². The van der Waals surface area contributed by atoms with Gasteiger partial charge in [-0.25, -0.2) is 0 Å². The summed E-state index contributed by atoms with van der Waals surface area (Å²) in [6, 6.07) is 19.0. The van der Waals surface area contributed by atoms with Gasteiger partial charge in [-0.3, -0.25) is 9.59 Å². The fourth-order valence-corrected chi connectivity index (χ4v) is 5.75. The van der Waals surface area contributed by atoms with E-state index in [1.807, 2.05) is 55.5 Å². The first kappa shape index (κ1) is 24.6. The molecule has 39 heavy (non-hydrogen) atoms. The van der Waals surface area contributed by atoms with E-state index in [1.54, 1.807) is 17.0 Å². The van der Waals surface area contributed by atoms with E-state index in [-0.39, 0.29) is 5.91 Å². The lowest BCUT2D eigenvalue weighted by molar-refractivity contribution is -0.113. The number of benzene rings is 3. The third-order valence-electron chi connectivity index (χ3n) is 6.69. The van der Waals surface area contributed by atoms with Crippen molar-refractivity contribution in [1.82, 2.24) is 14.6 Å². The van der Waals surface area contributed by atoms with Crippen molar-refractivity contribution >= 4 is 33.5 Å². The standard InChI is InChI=1S/C29H24N4O5S/c1-16-9-11-17(12-10-16)15-32-20-8-6-5-7-19(20)23(27(32)34)25-28(35)33-29(39-25)30-26(31-33)18-13-21(36-2)24(38-4)22(14-18)37-3/h5-14H,15H2,1-4H3. The van der Waals surface area contributed by atoms with Gasteiger partial charge in [-0.1, -0.05) is 59.4 Å². The molecule has 0 fully saturated rings. The van der Waals surface area contributed by atoms with Gasteiger partial charge in [-0.05, 0) is 30.7 Å². The number of carbonyl (C=O) groups excluding carboxylic acids is 1. The van der Waals surface area contributed by atoms with Gasteiger partial charge in [0.15, 0.2) is 17.3 Å². The number of aromatic nitrogens is 3. The lowest BCUT2D eigenvalue weighted by Crippen LogP contribution is -2.32. The average molecular weight is 541 g/mol. The number of thiazole rings is 1. The largest absolute Gasteiger partial charge is 0.493 e. The monoisotopic (exact) mass is 540 g/mol. The van der Waals surface area contributed by atoms with E-state index < -0.39 is 5.56 Å². The van der Waals surface area contributed by atoms with Gasteiger partial charge in [0.25, 0.3) is 11.5 Å². The summed E-state index contributed by atoms with van der Waals surface area (Å²) in [7, 11) is 4.58. The Morgan fingerprint density at radius 1 is 0.897 bits per heavy atom. The van der Waals surface area contributed by atoms with Crippen LogP contribution in [-0.2, 0) is 11.3 Å². The Hall–Kier alpha value is -4.70. The van der Waals surface area contributed by atoms with E-state index in [1.165, 1.54) is 25.8 Å². The van der Waals surface area contributed by atoms with Crippen LogP contribution in [-0.4, -0.2) is 41.8 Å². The Morgan fingerprint density at radius 3 is 2.23 bits per heavy atom. The van der Waals surface area contributed by atoms with Crippen LogP contribution in [0.3, 0.4) is 0 Å². The third kappa shape index (κ3) is 4.00. The normalized spacial score (nSPS) is 14.2. The van der Waals surface area contributed by atoms with Gasteiger partial charge in [0.1, 0.15) is 4.53 Å². The number of carbonyl (C=O) groups is 1. The predicted molar refractivity (Wildman–Crippen MR) is 149 cm³/mol. The highest BCUT2D eigenvalue weighted by atomic mass is 32.1. The first-order chi connectivity index (χ1) is 18.9. The van der Waals surface area contributed by atoms with Crippen molar-refractivity contribution in [2.75, 3.05) is 26.2 Å². The highest BCUT2D eigenvalue weighted by Gasteiger charge is 2.34. The molecule has 0 N–H and O–H groups in total. The summed E-state index contributed by atoms with van der Waals surface area (Å²) in [5.41, 5.74) is 4.22. The molecule has 6 rings (SSSR count). The maximum Gasteiger partial charge on any atom is 0.291 e. The molecule has 0 atom stereocenters. The molecule has 10 heteroatoms. The molecule has 0 saturated heterocycles. The number of anilines is 1. The second-order valence-corrected chi connectivity index (χ2v) is 10.0. The van der Waals surface area contributed by atoms with Gasteiger partial charge in [0, 0.05) is 11.1 Å². The van der Waals surface area contributed by atoms with E-state index in [0.717, 1.165) is 33.7 Å². The lowest BCUT2D eigenvalue weighted by atomic mass is 10.1. The van der Waals surface area contributed by atoms with Gasteiger partial charge in [-0.2, -0.15) is 9.50 Å². The number of rotatable bonds is 6. The highest BCUT2D eigenvalue weighted by molar-refractivity contribution is 7.15. The van der Waals surface area contributed by atoms with Crippen molar-refractivity contribution in [2.45, 2.75) is 13.5 Å². The van der Waals surface area contributed by atoms with Crippen molar-refractivity contribution in [1.29, 1.82) is 0 Å². The summed E-state index contributed by atoms with van der Waals surface area (Å²) < 4.78 is 17.8. The quantitative estimate of drug-likeness (QED) is 0.325. The first-order valence-corrected chi connectivity index (χ1v) is 13.0. The number of aryl methyl sites for hydroxylation is 1. The molecule has 3 heterocycles. The van der Waals surface area contributed by atoms with Gasteiger partial charge in [0.05, 0.1) is 39.1 Å². The van der Waals surface area contributed by atoms with Gasteiger partial charge < -0.3 is 19.1 Å². The molecule has 0 radical (unpaired) electrons. The number of fused-ring (bicyclic) bond motifs is 2. The molecule has 3 aromatic carbocycles. The molecule has 0 bridgehead atoms. The fourth-order valence-electron chi connectivity index (χ4n) is 4.75. The zero-order chi connectivity index (χ0) is 27.3. The van der Waals surface area contributed by atoms with E-state index in [0.29, 0.717) is 50.2 Å². The minimum Gasteiger partial charge on any atom is -0.493 e. The molecule has 9 nitrogen and oxygen atoms in total. The number of hydrogen-bond donors (Lipinski definition) is 0. The molecule has 2 aromatic heterocycles. The second-order valence-electron chi connectivity index (χ2n) is 9.05. The zero-order valence-corrected chi connectivity index (χ0v) is 22.5. The summed E-state index contributed by atoms with van der Waals surface area (Å²) in [5.74, 6) is 1.45. The SMILES string of the molecule is COc1cc(-c2nc3sc(=C4C(=O)N(Cc5ccc(C)cc5)c5ccccc54)c(=O)n3n2)cc(OC)c1OC. The molecular weight excluding hydrogens is 516 g/mol. The summed E-state index contributed by atoms with van der Waals surface area (Å²) >= 11 is 1.15. The van der Waals surface area contributed by atoms with Crippen molar-refractivity contribution in [3.05, 3.63) is 92.2 Å². The van der Waals surface area contributed by atoms with Crippen LogP contribution in [0.2, 0.25) is 0 Å². The van der Waals surface area contributed by atoms with Crippen LogP contribution in [0.15, 0.2) is 65.5 Å². The molecule has 0 spiro atoms. The molecule has 196 valence electrons. The Kier molecular flexibility index (Phi) is 6.03. The summed E-state index contributed by atoms with van der Waals surface area (Å²) in [6.45, 7) is 2.43. The van der Waals surface area contributed by atoms with Gasteiger partial charge >= 0.3 is 0 Å². The minimum absolute atomic E-state index is 0.219. The molecule has 1 aliphatic heterocycles. The zero-order valence-electron chi connectivity index (χ0n) is 21.7. The molecule has 1 amide bonds. The molecule has 0 aliphatic carbocycles. The molecule has 5 aromatic rings. The van der Waals surface area contributed by atoms with Crippen LogP contribution in [0.4, 0.5) is 5.69 Å². The first-order valence-electron chi connectivity index (χ1n) is 12.1. The van der Waals surface area contributed by atoms with E-state index in [2.05, 4.69) is 10.1 Å². The Bertz CT molecular complexity index is 1830. The fraction of sp³-hybridized carbons (Fsp3) is 0.172. The van der Waals surface area contributed by atoms with E-state index in [9.17, 15) is 9.59 Å². The Balaban J connectivity index is 1.46.